The number of carbonyl (C=O) groups is 1. The average molecular weight is 727 g/mol. The Morgan fingerprint density at radius 1 is 1.00 bits per heavy atom. The summed E-state index contributed by atoms with van der Waals surface area (Å²) in [6, 6.07) is 6.67. The minimum Gasteiger partial charge on any atom is -0.406 e. The third kappa shape index (κ3) is 7.88. The van der Waals surface area contributed by atoms with Crippen molar-refractivity contribution in [2.45, 2.75) is 37.1 Å². The Bertz CT molecular complexity index is 1950. The van der Waals surface area contributed by atoms with Gasteiger partial charge in [-0.15, -0.1) is 31.4 Å². The van der Waals surface area contributed by atoms with Crippen LogP contribution in [-0.2, 0) is 21.4 Å². The van der Waals surface area contributed by atoms with Gasteiger partial charge in [-0.3, -0.25) is 9.59 Å². The van der Waals surface area contributed by atoms with E-state index in [1.807, 2.05) is 0 Å². The van der Waals surface area contributed by atoms with E-state index >= 15 is 0 Å². The summed E-state index contributed by atoms with van der Waals surface area (Å²) in [5.74, 6) is -1.93. The van der Waals surface area contributed by atoms with Crippen LogP contribution in [-0.4, -0.2) is 71.6 Å². The summed E-state index contributed by atoms with van der Waals surface area (Å²) in [7, 11) is -4.48. The fourth-order valence-corrected chi connectivity index (χ4v) is 7.25. The third-order valence-electron chi connectivity index (χ3n) is 6.76. The third-order valence-corrected chi connectivity index (χ3v) is 10.1. The molecule has 0 spiro atoms. The minimum absolute atomic E-state index is 0.0103. The normalized spacial score (nSPS) is 16.3. The molecule has 1 aliphatic heterocycles. The van der Waals surface area contributed by atoms with E-state index in [4.69, 9.17) is 11.6 Å². The van der Waals surface area contributed by atoms with Crippen molar-refractivity contribution < 1.29 is 49.0 Å². The van der Waals surface area contributed by atoms with Gasteiger partial charge >= 0.3 is 12.7 Å². The second-order valence-corrected chi connectivity index (χ2v) is 13.1. The molecule has 1 N–H and O–H groups in total. The Hall–Kier alpha value is -4.14. The van der Waals surface area contributed by atoms with Crippen molar-refractivity contribution in [3.05, 3.63) is 75.2 Å². The van der Waals surface area contributed by atoms with Crippen molar-refractivity contribution in [2.24, 2.45) is 0 Å². The van der Waals surface area contributed by atoms with Crippen LogP contribution in [0.1, 0.15) is 11.3 Å². The number of fused-ring (bicyclic) bond motifs is 1. The monoisotopic (exact) mass is 726 g/mol. The topological polar surface area (TPSA) is 135 Å². The highest BCUT2D eigenvalue weighted by Crippen LogP contribution is 2.30. The van der Waals surface area contributed by atoms with Gasteiger partial charge in [0.25, 0.3) is 5.56 Å². The highest BCUT2D eigenvalue weighted by atomic mass is 35.5. The number of aryl methyl sites for hydroxylation is 1. The van der Waals surface area contributed by atoms with E-state index in [1.54, 1.807) is 11.8 Å². The Labute approximate surface area is 270 Å². The molecule has 0 radical (unpaired) electrons. The zero-order valence-corrected chi connectivity index (χ0v) is 26.1. The van der Waals surface area contributed by atoms with E-state index in [0.29, 0.717) is 11.3 Å². The number of amides is 1. The number of halogens is 7. The van der Waals surface area contributed by atoms with Crippen LogP contribution in [0.2, 0.25) is 5.02 Å². The number of carbonyl (C=O) groups excluding carboxylic acids is 1. The predicted molar refractivity (Wildman–Crippen MR) is 155 cm³/mol. The van der Waals surface area contributed by atoms with Gasteiger partial charge in [-0.25, -0.2) is 12.9 Å². The van der Waals surface area contributed by atoms with Gasteiger partial charge in [0.1, 0.15) is 22.6 Å². The number of hydrogen-bond acceptors (Lipinski definition) is 10. The molecule has 0 unspecified atom stereocenters. The number of rotatable bonds is 8. The van der Waals surface area contributed by atoms with Crippen molar-refractivity contribution >= 4 is 49.0 Å². The number of piperazine rings is 1. The number of benzene rings is 2. The molecule has 21 heteroatoms. The molecule has 12 nitrogen and oxygen atoms in total. The van der Waals surface area contributed by atoms with Gasteiger partial charge in [0.2, 0.25) is 26.0 Å². The largest absolute Gasteiger partial charge is 0.573 e. The quantitative estimate of drug-likeness (QED) is 0.266. The smallest absolute Gasteiger partial charge is 0.406 e. The number of nitrogens with one attached hydrogen (secondary N) is 1. The second kappa shape index (κ2) is 12.8. The average Bonchev–Trinajstić information content (AvgIpc) is 3.42. The van der Waals surface area contributed by atoms with Gasteiger partial charge < -0.3 is 19.7 Å². The molecule has 0 saturated carbocycles. The molecular formula is C26H21ClF6N6O6S2. The molecule has 252 valence electrons. The Morgan fingerprint density at radius 3 is 2.15 bits per heavy atom. The molecule has 5 rings (SSSR count). The lowest BCUT2D eigenvalue weighted by atomic mass is 10.2. The highest BCUT2D eigenvalue weighted by molar-refractivity contribution is 7.89. The standard InChI is InChI=1S/C26H21ClF6N6O6S2/c1-14-20(27)22(41)35-23-39(14)36-24(46-23)37-10-11-38(47(42,43)18-8-6-17(7-9-18)45-26(31,32)33)19(13-37)21(40)34-12-15-2-4-16(5-3-15)44-25(28,29)30/h2-9,19H,10-13H2,1H3,(H,34,40)/t19-/m1/s1. The number of alkyl halides is 6. The lowest BCUT2D eigenvalue weighted by molar-refractivity contribution is -0.275. The number of anilines is 1. The van der Waals surface area contributed by atoms with Crippen molar-refractivity contribution in [2.75, 3.05) is 24.5 Å². The lowest BCUT2D eigenvalue weighted by Gasteiger charge is -2.39. The number of nitrogens with zero attached hydrogens (tertiary/aromatic N) is 5. The molecule has 1 atom stereocenters. The number of hydrogen-bond donors (Lipinski definition) is 1. The van der Waals surface area contributed by atoms with Gasteiger partial charge in [-0.1, -0.05) is 35.1 Å². The van der Waals surface area contributed by atoms with Crippen LogP contribution in [0.3, 0.4) is 0 Å². The maximum atomic E-state index is 13.7. The van der Waals surface area contributed by atoms with Crippen LogP contribution in [0.4, 0.5) is 31.5 Å². The SMILES string of the molecule is Cc1c(Cl)c(=O)nc2sc(N3CCN(S(=O)(=O)c4ccc(OC(F)(F)F)cc4)[C@@H](C(=O)NCc4ccc(OC(F)(F)F)cc4)C3)nn12. The van der Waals surface area contributed by atoms with Crippen LogP contribution in [0.15, 0.2) is 58.2 Å². The Kier molecular flexibility index (Phi) is 9.32. The number of sulfonamides is 1. The molecule has 1 fully saturated rings. The fourth-order valence-electron chi connectivity index (χ4n) is 4.58. The molecule has 2 aromatic carbocycles. The zero-order valence-electron chi connectivity index (χ0n) is 23.7. The first-order valence-corrected chi connectivity index (χ1v) is 15.9. The first-order valence-electron chi connectivity index (χ1n) is 13.2. The molecular weight excluding hydrogens is 706 g/mol. The second-order valence-electron chi connectivity index (χ2n) is 9.90. The predicted octanol–water partition coefficient (Wildman–Crippen LogP) is 4.11. The Morgan fingerprint density at radius 2 is 1.57 bits per heavy atom. The maximum absolute atomic E-state index is 13.7. The van der Waals surface area contributed by atoms with E-state index in [1.165, 1.54) is 16.6 Å². The molecule has 0 bridgehead atoms. The minimum atomic E-state index is -5.00. The van der Waals surface area contributed by atoms with Gasteiger partial charge in [0.05, 0.1) is 10.6 Å². The molecule has 47 heavy (non-hydrogen) atoms. The molecule has 1 aliphatic rings. The van der Waals surface area contributed by atoms with Gasteiger partial charge in [0.15, 0.2) is 0 Å². The van der Waals surface area contributed by atoms with Crippen molar-refractivity contribution in [3.63, 3.8) is 0 Å². The van der Waals surface area contributed by atoms with E-state index in [-0.39, 0.29) is 41.3 Å². The lowest BCUT2D eigenvalue weighted by Crippen LogP contribution is -2.60. The van der Waals surface area contributed by atoms with Gasteiger partial charge in [0, 0.05) is 26.2 Å². The number of aromatic nitrogens is 3. The van der Waals surface area contributed by atoms with E-state index in [2.05, 4.69) is 24.9 Å². The van der Waals surface area contributed by atoms with Crippen LogP contribution in [0.5, 0.6) is 11.5 Å². The zero-order chi connectivity index (χ0) is 34.3. The summed E-state index contributed by atoms with van der Waals surface area (Å²) >= 11 is 7.01. The van der Waals surface area contributed by atoms with E-state index in [0.717, 1.165) is 52.0 Å². The van der Waals surface area contributed by atoms with Gasteiger partial charge in [-0.05, 0) is 48.9 Å². The molecule has 3 heterocycles. The van der Waals surface area contributed by atoms with Crippen molar-refractivity contribution in [1.29, 1.82) is 0 Å². The molecule has 1 amide bonds. The van der Waals surface area contributed by atoms with E-state index < -0.39 is 56.7 Å². The first kappa shape index (κ1) is 34.2. The first-order chi connectivity index (χ1) is 21.9. The Balaban J connectivity index is 1.41. The summed E-state index contributed by atoms with van der Waals surface area (Å²) in [6.45, 7) is 0.830. The summed E-state index contributed by atoms with van der Waals surface area (Å²) in [6.07, 6.45) is -9.90. The molecule has 4 aromatic rings. The van der Waals surface area contributed by atoms with Gasteiger partial charge in [-0.2, -0.15) is 9.29 Å². The van der Waals surface area contributed by atoms with Crippen LogP contribution in [0.25, 0.3) is 4.96 Å². The highest BCUT2D eigenvalue weighted by Gasteiger charge is 2.41. The number of ether oxygens (including phenoxy) is 2. The van der Waals surface area contributed by atoms with Crippen LogP contribution < -0.4 is 25.2 Å². The maximum Gasteiger partial charge on any atom is 0.573 e. The summed E-state index contributed by atoms with van der Waals surface area (Å²) in [5, 5.41) is 7.14. The molecule has 0 aliphatic carbocycles. The van der Waals surface area contributed by atoms with Crippen molar-refractivity contribution in [3.8, 4) is 11.5 Å². The van der Waals surface area contributed by atoms with Crippen LogP contribution >= 0.6 is 22.9 Å². The van der Waals surface area contributed by atoms with Crippen molar-refractivity contribution in [1.82, 2.24) is 24.2 Å². The van der Waals surface area contributed by atoms with E-state index in [9.17, 15) is 44.3 Å². The summed E-state index contributed by atoms with van der Waals surface area (Å²) in [5.41, 5.74) is 0.00563. The molecule has 2 aromatic heterocycles. The fraction of sp³-hybridized carbons (Fsp3) is 0.308. The molecule has 1 saturated heterocycles. The summed E-state index contributed by atoms with van der Waals surface area (Å²) < 4.78 is 113. The summed E-state index contributed by atoms with van der Waals surface area (Å²) in [4.78, 5) is 30.9. The van der Waals surface area contributed by atoms with Crippen LogP contribution in [0, 0.1) is 6.92 Å².